The van der Waals surface area contributed by atoms with E-state index in [1.54, 1.807) is 0 Å². The maximum absolute atomic E-state index is 5.37. The van der Waals surface area contributed by atoms with Crippen LogP contribution < -0.4 is 0 Å². The van der Waals surface area contributed by atoms with Crippen LogP contribution in [0.25, 0.3) is 81.4 Å². The van der Waals surface area contributed by atoms with Crippen LogP contribution in [0.2, 0.25) is 0 Å². The van der Waals surface area contributed by atoms with Crippen molar-refractivity contribution in [3.8, 4) is 39.5 Å². The van der Waals surface area contributed by atoms with Crippen LogP contribution in [-0.4, -0.2) is 14.5 Å². The topological polar surface area (TPSA) is 30.7 Å². The summed E-state index contributed by atoms with van der Waals surface area (Å²) in [4.78, 5) is 10.7. The lowest BCUT2D eigenvalue weighted by Crippen LogP contribution is -2.17. The molecule has 0 saturated carbocycles. The van der Waals surface area contributed by atoms with Gasteiger partial charge in [0.1, 0.15) is 0 Å². The van der Waals surface area contributed by atoms with E-state index in [1.807, 2.05) is 11.3 Å². The Morgan fingerprint density at radius 3 is 2.21 bits per heavy atom. The van der Waals surface area contributed by atoms with Crippen molar-refractivity contribution in [3.63, 3.8) is 0 Å². The van der Waals surface area contributed by atoms with Crippen LogP contribution in [-0.2, 0) is 5.41 Å². The van der Waals surface area contributed by atoms with Gasteiger partial charge in [0.25, 0.3) is 0 Å². The number of thiophene rings is 1. The lowest BCUT2D eigenvalue weighted by molar-refractivity contribution is 0.636. The summed E-state index contributed by atoms with van der Waals surface area (Å²) >= 11 is 1.87. The van der Waals surface area contributed by atoms with Gasteiger partial charge in [0, 0.05) is 58.7 Å². The quantitative estimate of drug-likeness (QED) is 0.197. The molecule has 10 rings (SSSR count). The number of aromatic nitrogens is 3. The summed E-state index contributed by atoms with van der Waals surface area (Å²) in [6.07, 6.45) is 0. The summed E-state index contributed by atoms with van der Waals surface area (Å²) < 4.78 is 5.05. The molecule has 4 heteroatoms. The largest absolute Gasteiger partial charge is 0.309 e. The maximum Gasteiger partial charge on any atom is 0.160 e. The Morgan fingerprint density at radius 2 is 1.32 bits per heavy atom. The van der Waals surface area contributed by atoms with E-state index < -0.39 is 0 Å². The zero-order valence-electron chi connectivity index (χ0n) is 26.0. The molecule has 3 aromatic heterocycles. The van der Waals surface area contributed by atoms with E-state index >= 15 is 0 Å². The molecule has 0 radical (unpaired) electrons. The van der Waals surface area contributed by atoms with Gasteiger partial charge < -0.3 is 4.57 Å². The van der Waals surface area contributed by atoms with E-state index in [1.165, 1.54) is 53.1 Å². The number of para-hydroxylation sites is 1. The van der Waals surface area contributed by atoms with Crippen molar-refractivity contribution in [3.05, 3.63) is 151 Å². The van der Waals surface area contributed by atoms with Crippen LogP contribution in [0.4, 0.5) is 0 Å². The van der Waals surface area contributed by atoms with Gasteiger partial charge in [-0.15, -0.1) is 11.3 Å². The highest BCUT2D eigenvalue weighted by molar-refractivity contribution is 7.26. The monoisotopic (exact) mass is 619 g/mol. The fourth-order valence-electron chi connectivity index (χ4n) is 7.81. The third-order valence-electron chi connectivity index (χ3n) is 9.96. The number of hydrogen-bond acceptors (Lipinski definition) is 3. The summed E-state index contributed by atoms with van der Waals surface area (Å²) in [6, 6.07) is 50.2. The molecule has 1 aliphatic carbocycles. The van der Waals surface area contributed by atoms with Gasteiger partial charge in [0.2, 0.25) is 0 Å². The summed E-state index contributed by atoms with van der Waals surface area (Å²) in [5.41, 5.74) is 11.1. The van der Waals surface area contributed by atoms with Crippen molar-refractivity contribution >= 4 is 53.3 Å². The molecule has 0 aliphatic heterocycles. The number of rotatable bonds is 3. The molecule has 0 saturated heterocycles. The summed E-state index contributed by atoms with van der Waals surface area (Å²) in [7, 11) is 0. The highest BCUT2D eigenvalue weighted by atomic mass is 32.1. The average molecular weight is 620 g/mol. The fraction of sp³-hybridized carbons (Fsp3) is 0.0698. The predicted molar refractivity (Wildman–Crippen MR) is 198 cm³/mol. The number of nitrogens with zero attached hydrogens (tertiary/aromatic N) is 3. The highest BCUT2D eigenvalue weighted by Gasteiger charge is 2.39. The van der Waals surface area contributed by atoms with Crippen molar-refractivity contribution in [2.24, 2.45) is 0 Å². The van der Waals surface area contributed by atoms with Crippen LogP contribution in [0.1, 0.15) is 25.1 Å². The minimum absolute atomic E-state index is 0.244. The van der Waals surface area contributed by atoms with E-state index in [0.29, 0.717) is 0 Å². The Kier molecular flexibility index (Phi) is 5.50. The van der Waals surface area contributed by atoms with Gasteiger partial charge in [0.05, 0.1) is 22.4 Å². The first-order valence-electron chi connectivity index (χ1n) is 16.1. The van der Waals surface area contributed by atoms with E-state index in [-0.39, 0.29) is 5.41 Å². The minimum atomic E-state index is -0.244. The first kappa shape index (κ1) is 26.6. The van der Waals surface area contributed by atoms with Crippen molar-refractivity contribution in [2.75, 3.05) is 0 Å². The van der Waals surface area contributed by atoms with Gasteiger partial charge in [-0.05, 0) is 47.5 Å². The normalized spacial score (nSPS) is 13.5. The smallest absolute Gasteiger partial charge is 0.160 e. The molecule has 47 heavy (non-hydrogen) atoms. The number of hydrogen-bond donors (Lipinski definition) is 0. The van der Waals surface area contributed by atoms with Crippen LogP contribution in [0.15, 0.2) is 140 Å². The van der Waals surface area contributed by atoms with Gasteiger partial charge in [-0.1, -0.05) is 117 Å². The molecule has 0 amide bonds. The molecule has 1 aliphatic rings. The van der Waals surface area contributed by atoms with Crippen LogP contribution in [0, 0.1) is 0 Å². The molecular weight excluding hydrogens is 591 g/mol. The minimum Gasteiger partial charge on any atom is -0.309 e. The van der Waals surface area contributed by atoms with E-state index in [0.717, 1.165) is 39.6 Å². The molecule has 0 spiro atoms. The molecule has 0 unspecified atom stereocenters. The lowest BCUT2D eigenvalue weighted by atomic mass is 9.85. The van der Waals surface area contributed by atoms with Gasteiger partial charge >= 0.3 is 0 Å². The van der Waals surface area contributed by atoms with Crippen LogP contribution in [0.3, 0.4) is 0 Å². The fourth-order valence-corrected chi connectivity index (χ4v) is 8.93. The molecule has 3 heterocycles. The lowest BCUT2D eigenvalue weighted by Gasteiger charge is -2.21. The maximum atomic E-state index is 5.37. The van der Waals surface area contributed by atoms with Gasteiger partial charge in [-0.25, -0.2) is 9.97 Å². The zero-order valence-corrected chi connectivity index (χ0v) is 26.8. The van der Waals surface area contributed by atoms with Crippen molar-refractivity contribution in [1.82, 2.24) is 14.5 Å². The second-order valence-corrected chi connectivity index (χ2v) is 14.1. The third kappa shape index (κ3) is 3.73. The second kappa shape index (κ2) is 9.71. The van der Waals surface area contributed by atoms with Crippen molar-refractivity contribution in [1.29, 1.82) is 0 Å². The Morgan fingerprint density at radius 1 is 0.574 bits per heavy atom. The summed E-state index contributed by atoms with van der Waals surface area (Å²) in [5.74, 6) is 0.748. The molecular formula is C43H29N3S. The molecule has 0 fully saturated rings. The molecule has 0 N–H and O–H groups in total. The molecule has 3 nitrogen and oxygen atoms in total. The Labute approximate surface area is 276 Å². The molecule has 0 atom stereocenters. The van der Waals surface area contributed by atoms with Crippen molar-refractivity contribution in [2.45, 2.75) is 19.3 Å². The van der Waals surface area contributed by atoms with E-state index in [4.69, 9.17) is 9.97 Å². The Bertz CT molecular complexity index is 2710. The summed E-state index contributed by atoms with van der Waals surface area (Å²) in [6.45, 7) is 4.57. The molecule has 222 valence electrons. The Hall–Kier alpha value is -5.58. The average Bonchev–Trinajstić information content (AvgIpc) is 3.74. The molecule has 6 aromatic carbocycles. The van der Waals surface area contributed by atoms with E-state index in [2.05, 4.69) is 158 Å². The zero-order chi connectivity index (χ0) is 31.3. The SMILES string of the molecule is CC1(C)c2ccccc2-c2c(-c3ccccc3)nc(-c3cccc(-n4c5ccccc5c5c6c(ccc54)sc4ccccc46)c3)nc21. The third-order valence-corrected chi connectivity index (χ3v) is 11.1. The highest BCUT2D eigenvalue weighted by Crippen LogP contribution is 2.51. The van der Waals surface area contributed by atoms with E-state index in [9.17, 15) is 0 Å². The van der Waals surface area contributed by atoms with Crippen LogP contribution in [0.5, 0.6) is 0 Å². The first-order chi connectivity index (χ1) is 23.1. The number of benzene rings is 6. The van der Waals surface area contributed by atoms with Gasteiger partial charge in [0.15, 0.2) is 5.82 Å². The van der Waals surface area contributed by atoms with Crippen molar-refractivity contribution < 1.29 is 0 Å². The summed E-state index contributed by atoms with van der Waals surface area (Å²) in [5, 5.41) is 5.23. The van der Waals surface area contributed by atoms with Gasteiger partial charge in [-0.3, -0.25) is 0 Å². The standard InChI is InChI=1S/C43H29N3S/c1-43(2)32-20-9-6-17-29(32)39-40(26-13-4-3-5-14-26)44-42(45-41(39)43)27-15-12-16-28(25-27)46-33-21-10-7-18-30(33)37-34(46)23-24-36-38(37)31-19-8-11-22-35(31)47-36/h3-25H,1-2H3. The van der Waals surface area contributed by atoms with Crippen LogP contribution >= 0.6 is 11.3 Å². The van der Waals surface area contributed by atoms with Gasteiger partial charge in [-0.2, -0.15) is 0 Å². The first-order valence-corrected chi connectivity index (χ1v) is 16.9. The second-order valence-electron chi connectivity index (χ2n) is 13.0. The Balaban J connectivity index is 1.23. The molecule has 9 aromatic rings. The molecule has 0 bridgehead atoms. The predicted octanol–water partition coefficient (Wildman–Crippen LogP) is 11.6. The number of fused-ring (bicyclic) bond motifs is 10.